The fourth-order valence-corrected chi connectivity index (χ4v) is 5.38. The van der Waals surface area contributed by atoms with E-state index >= 15 is 0 Å². The highest BCUT2D eigenvalue weighted by Gasteiger charge is 2.14. The van der Waals surface area contributed by atoms with Gasteiger partial charge in [0, 0.05) is 6.42 Å². The second kappa shape index (κ2) is 13.0. The molecule has 0 bridgehead atoms. The quantitative estimate of drug-likeness (QED) is 0.174. The molecule has 0 N–H and O–H groups in total. The van der Waals surface area contributed by atoms with Crippen molar-refractivity contribution in [3.8, 4) is 0 Å². The third-order valence-corrected chi connectivity index (χ3v) is 7.15. The van der Waals surface area contributed by atoms with E-state index in [0.29, 0.717) is 0 Å². The highest BCUT2D eigenvalue weighted by molar-refractivity contribution is 7.16. The minimum Gasteiger partial charge on any atom is -0.188 e. The number of thiazole rings is 1. The molecule has 0 unspecified atom stereocenters. The van der Waals surface area contributed by atoms with Gasteiger partial charge in [-0.1, -0.05) is 120 Å². The van der Waals surface area contributed by atoms with Crippen LogP contribution >= 0.6 is 11.3 Å². The van der Waals surface area contributed by atoms with Crippen LogP contribution in [0.25, 0.3) is 21.0 Å². The molecule has 3 rings (SSSR count). The number of unbranched alkanes of at least 4 members (excludes halogenated alkanes) is 13. The van der Waals surface area contributed by atoms with Crippen LogP contribution in [0.3, 0.4) is 0 Å². The lowest BCUT2D eigenvalue weighted by atomic mass is 10.0. The average Bonchev–Trinajstić information content (AvgIpc) is 3.17. The molecule has 1 aromatic heterocycles. The maximum Gasteiger partial charge on any atom is 0.231 e. The maximum atomic E-state index is 2.49. The van der Waals surface area contributed by atoms with Crippen LogP contribution < -0.4 is 4.57 Å². The van der Waals surface area contributed by atoms with E-state index in [-0.39, 0.29) is 0 Å². The van der Waals surface area contributed by atoms with Gasteiger partial charge in [0.25, 0.3) is 0 Å². The first-order valence-electron chi connectivity index (χ1n) is 12.2. The number of benzene rings is 2. The number of nitrogens with zero attached hydrogens (tertiary/aromatic N) is 1. The number of fused-ring (bicyclic) bond motifs is 3. The largest absolute Gasteiger partial charge is 0.231 e. The van der Waals surface area contributed by atoms with E-state index in [1.807, 2.05) is 11.3 Å². The van der Waals surface area contributed by atoms with Gasteiger partial charge in [-0.2, -0.15) is 4.57 Å². The Morgan fingerprint density at radius 1 is 0.655 bits per heavy atom. The first kappa shape index (κ1) is 22.3. The van der Waals surface area contributed by atoms with Gasteiger partial charge >= 0.3 is 0 Å². The Hall–Kier alpha value is -1.41. The van der Waals surface area contributed by atoms with Crippen LogP contribution in [0.2, 0.25) is 0 Å². The smallest absolute Gasteiger partial charge is 0.188 e. The summed E-state index contributed by atoms with van der Waals surface area (Å²) < 4.78 is 3.90. The van der Waals surface area contributed by atoms with Gasteiger partial charge in [0.05, 0.1) is 5.39 Å². The first-order chi connectivity index (χ1) is 14.4. The van der Waals surface area contributed by atoms with Crippen molar-refractivity contribution in [1.29, 1.82) is 0 Å². The van der Waals surface area contributed by atoms with Crippen molar-refractivity contribution in [2.75, 3.05) is 0 Å². The van der Waals surface area contributed by atoms with E-state index in [4.69, 9.17) is 0 Å². The highest BCUT2D eigenvalue weighted by atomic mass is 32.1. The van der Waals surface area contributed by atoms with E-state index in [1.165, 1.54) is 111 Å². The van der Waals surface area contributed by atoms with Crippen LogP contribution in [0.5, 0.6) is 0 Å². The van der Waals surface area contributed by atoms with E-state index < -0.39 is 0 Å². The zero-order chi connectivity index (χ0) is 20.2. The molecule has 0 radical (unpaired) electrons. The number of aryl methyl sites for hydroxylation is 1. The molecule has 158 valence electrons. The predicted octanol–water partition coefficient (Wildman–Crippen LogP) is 8.82. The monoisotopic (exact) mass is 410 g/mol. The zero-order valence-corrected chi connectivity index (χ0v) is 19.3. The van der Waals surface area contributed by atoms with Crippen molar-refractivity contribution in [1.82, 2.24) is 0 Å². The Kier molecular flexibility index (Phi) is 9.99. The van der Waals surface area contributed by atoms with Crippen molar-refractivity contribution in [2.45, 2.75) is 103 Å². The number of hydrogen-bond donors (Lipinski definition) is 0. The van der Waals surface area contributed by atoms with Crippen LogP contribution in [0.15, 0.2) is 41.9 Å². The summed E-state index contributed by atoms with van der Waals surface area (Å²) in [6, 6.07) is 13.3. The summed E-state index contributed by atoms with van der Waals surface area (Å²) in [5, 5.41) is 2.75. The molecule has 0 saturated carbocycles. The highest BCUT2D eigenvalue weighted by Crippen LogP contribution is 2.26. The normalized spacial score (nSPS) is 11.6. The van der Waals surface area contributed by atoms with Crippen molar-refractivity contribution < 1.29 is 4.57 Å². The standard InChI is InChI=1S/C27H40NS/c1-2-3-4-5-6-7-8-9-10-11-12-13-14-17-22-28-23-29-26-21-20-24-18-15-16-19-25(24)27(26)28/h15-16,18-21,23H,2-14,17,22H2,1H3/q+1. The lowest BCUT2D eigenvalue weighted by Crippen LogP contribution is -2.31. The molecule has 0 aliphatic heterocycles. The summed E-state index contributed by atoms with van der Waals surface area (Å²) >= 11 is 1.88. The molecule has 0 amide bonds. The molecule has 1 heterocycles. The SMILES string of the molecule is CCCCCCCCCCCCCCCC[n+]1csc2ccc3ccccc3c21. The van der Waals surface area contributed by atoms with Crippen LogP contribution in [-0.2, 0) is 6.54 Å². The second-order valence-electron chi connectivity index (χ2n) is 8.65. The van der Waals surface area contributed by atoms with Crippen molar-refractivity contribution in [2.24, 2.45) is 0 Å². The van der Waals surface area contributed by atoms with Crippen LogP contribution in [0.1, 0.15) is 96.8 Å². The molecule has 0 aliphatic rings. The summed E-state index contributed by atoms with van der Waals surface area (Å²) in [5.74, 6) is 0. The molecule has 1 nitrogen and oxygen atoms in total. The molecule has 0 saturated heterocycles. The molecule has 3 aromatic rings. The van der Waals surface area contributed by atoms with Crippen molar-refractivity contribution in [3.63, 3.8) is 0 Å². The first-order valence-corrected chi connectivity index (χ1v) is 13.1. The van der Waals surface area contributed by atoms with Crippen molar-refractivity contribution >= 4 is 32.3 Å². The third-order valence-electron chi connectivity index (χ3n) is 6.21. The molecule has 0 atom stereocenters. The Morgan fingerprint density at radius 2 is 1.24 bits per heavy atom. The van der Waals surface area contributed by atoms with E-state index in [0.717, 1.165) is 6.54 Å². The third kappa shape index (κ3) is 7.10. The molecule has 2 heteroatoms. The molecule has 0 spiro atoms. The van der Waals surface area contributed by atoms with Crippen LogP contribution in [0, 0.1) is 0 Å². The van der Waals surface area contributed by atoms with E-state index in [1.54, 1.807) is 0 Å². The molecule has 0 fully saturated rings. The molecule has 29 heavy (non-hydrogen) atoms. The fraction of sp³-hybridized carbons (Fsp3) is 0.593. The fourth-order valence-electron chi connectivity index (χ4n) is 4.44. The molecular weight excluding hydrogens is 370 g/mol. The number of hydrogen-bond acceptors (Lipinski definition) is 1. The van der Waals surface area contributed by atoms with Gasteiger partial charge < -0.3 is 0 Å². The number of aromatic nitrogens is 1. The molecule has 0 aliphatic carbocycles. The van der Waals surface area contributed by atoms with Gasteiger partial charge in [-0.25, -0.2) is 0 Å². The Balaban J connectivity index is 1.26. The summed E-state index contributed by atoms with van der Waals surface area (Å²) in [5.41, 5.74) is 3.75. The Morgan fingerprint density at radius 3 is 1.90 bits per heavy atom. The minimum atomic E-state index is 1.16. The van der Waals surface area contributed by atoms with Gasteiger partial charge in [0.1, 0.15) is 11.2 Å². The maximum absolute atomic E-state index is 2.49. The lowest BCUT2D eigenvalue weighted by molar-refractivity contribution is -0.666. The van der Waals surface area contributed by atoms with Crippen LogP contribution in [-0.4, -0.2) is 0 Å². The Bertz CT molecular complexity index is 835. The zero-order valence-electron chi connectivity index (χ0n) is 18.5. The molecular formula is C27H40NS+. The van der Waals surface area contributed by atoms with Gasteiger partial charge in [0.15, 0.2) is 0 Å². The van der Waals surface area contributed by atoms with Gasteiger partial charge in [0.2, 0.25) is 11.0 Å². The average molecular weight is 411 g/mol. The van der Waals surface area contributed by atoms with E-state index in [9.17, 15) is 0 Å². The molecule has 2 aromatic carbocycles. The Labute approximate surface area is 182 Å². The van der Waals surface area contributed by atoms with Crippen molar-refractivity contribution in [3.05, 3.63) is 41.9 Å². The van der Waals surface area contributed by atoms with Gasteiger partial charge in [-0.3, -0.25) is 0 Å². The van der Waals surface area contributed by atoms with Gasteiger partial charge in [-0.05, 0) is 23.9 Å². The summed E-state index contributed by atoms with van der Waals surface area (Å²) in [6.45, 7) is 3.46. The minimum absolute atomic E-state index is 1.16. The van der Waals surface area contributed by atoms with Crippen LogP contribution in [0.4, 0.5) is 0 Å². The lowest BCUT2D eigenvalue weighted by Gasteiger charge is -2.03. The summed E-state index contributed by atoms with van der Waals surface area (Å²) in [7, 11) is 0. The second-order valence-corrected chi connectivity index (χ2v) is 9.53. The summed E-state index contributed by atoms with van der Waals surface area (Å²) in [4.78, 5) is 0. The predicted molar refractivity (Wildman–Crippen MR) is 130 cm³/mol. The number of rotatable bonds is 15. The van der Waals surface area contributed by atoms with Gasteiger partial charge in [-0.15, -0.1) is 0 Å². The topological polar surface area (TPSA) is 3.88 Å². The van der Waals surface area contributed by atoms with E-state index in [2.05, 4.69) is 53.4 Å². The summed E-state index contributed by atoms with van der Waals surface area (Å²) in [6.07, 6.45) is 19.9.